The predicted octanol–water partition coefficient (Wildman–Crippen LogP) is 3.40. The summed E-state index contributed by atoms with van der Waals surface area (Å²) in [5.74, 6) is 1.19. The SMILES string of the molecule is COCCOc1ccc(S(=O)(=O)N(Cc2cccnc2)Cc2ccco2)cc1C. The molecule has 3 aromatic rings. The molecule has 2 heterocycles. The summed E-state index contributed by atoms with van der Waals surface area (Å²) in [6.45, 7) is 2.98. The fourth-order valence-electron chi connectivity index (χ4n) is 2.83. The van der Waals surface area contributed by atoms with Crippen LogP contribution in [0.4, 0.5) is 0 Å². The summed E-state index contributed by atoms with van der Waals surface area (Å²) >= 11 is 0. The Hall–Kier alpha value is -2.68. The Labute approximate surface area is 170 Å². The molecule has 7 nitrogen and oxygen atoms in total. The molecule has 0 radical (unpaired) electrons. The van der Waals surface area contributed by atoms with Gasteiger partial charge >= 0.3 is 0 Å². The van der Waals surface area contributed by atoms with Crippen LogP contribution in [0.2, 0.25) is 0 Å². The zero-order valence-electron chi connectivity index (χ0n) is 16.4. The summed E-state index contributed by atoms with van der Waals surface area (Å²) < 4.78 is 44.1. The Kier molecular flexibility index (Phi) is 7.03. The molecule has 3 rings (SSSR count). The molecule has 0 saturated heterocycles. The van der Waals surface area contributed by atoms with Crippen LogP contribution in [0.5, 0.6) is 5.75 Å². The number of hydrogen-bond donors (Lipinski definition) is 0. The highest BCUT2D eigenvalue weighted by molar-refractivity contribution is 7.89. The molecule has 0 bridgehead atoms. The first-order valence-corrected chi connectivity index (χ1v) is 10.6. The third-order valence-electron chi connectivity index (χ3n) is 4.32. The summed E-state index contributed by atoms with van der Waals surface area (Å²) in [5.41, 5.74) is 1.53. The molecule has 0 fully saturated rings. The smallest absolute Gasteiger partial charge is 0.243 e. The number of aromatic nitrogens is 1. The van der Waals surface area contributed by atoms with Crippen molar-refractivity contribution in [3.8, 4) is 5.75 Å². The fraction of sp³-hybridized carbons (Fsp3) is 0.286. The van der Waals surface area contributed by atoms with E-state index in [0.29, 0.717) is 24.7 Å². The van der Waals surface area contributed by atoms with Crippen molar-refractivity contribution in [1.82, 2.24) is 9.29 Å². The molecule has 29 heavy (non-hydrogen) atoms. The van der Waals surface area contributed by atoms with Crippen LogP contribution in [0.1, 0.15) is 16.9 Å². The fourth-order valence-corrected chi connectivity index (χ4v) is 4.31. The summed E-state index contributed by atoms with van der Waals surface area (Å²) in [7, 11) is -2.18. The van der Waals surface area contributed by atoms with Crippen molar-refractivity contribution in [2.75, 3.05) is 20.3 Å². The molecule has 0 atom stereocenters. The lowest BCUT2D eigenvalue weighted by Gasteiger charge is -2.22. The number of pyridine rings is 1. The van der Waals surface area contributed by atoms with Gasteiger partial charge in [0.1, 0.15) is 18.1 Å². The van der Waals surface area contributed by atoms with E-state index in [9.17, 15) is 8.42 Å². The second-order valence-electron chi connectivity index (χ2n) is 6.48. The van der Waals surface area contributed by atoms with Gasteiger partial charge in [-0.15, -0.1) is 0 Å². The number of benzene rings is 1. The first kappa shape index (κ1) is 21.0. The third-order valence-corrected chi connectivity index (χ3v) is 6.11. The minimum absolute atomic E-state index is 0.120. The highest BCUT2D eigenvalue weighted by Gasteiger charge is 2.26. The van der Waals surface area contributed by atoms with Gasteiger partial charge in [0.15, 0.2) is 0 Å². The van der Waals surface area contributed by atoms with Gasteiger partial charge in [-0.05, 0) is 54.4 Å². The molecule has 0 saturated carbocycles. The Morgan fingerprint density at radius 2 is 1.97 bits per heavy atom. The Balaban J connectivity index is 1.88. The second-order valence-corrected chi connectivity index (χ2v) is 8.42. The van der Waals surface area contributed by atoms with Crippen molar-refractivity contribution in [3.63, 3.8) is 0 Å². The lowest BCUT2D eigenvalue weighted by Crippen LogP contribution is -2.30. The highest BCUT2D eigenvalue weighted by Crippen LogP contribution is 2.26. The maximum absolute atomic E-state index is 13.4. The van der Waals surface area contributed by atoms with E-state index in [0.717, 1.165) is 11.1 Å². The summed E-state index contributed by atoms with van der Waals surface area (Å²) in [6.07, 6.45) is 4.84. The minimum Gasteiger partial charge on any atom is -0.491 e. The van der Waals surface area contributed by atoms with Crippen LogP contribution in [0.15, 0.2) is 70.4 Å². The van der Waals surface area contributed by atoms with Crippen LogP contribution in [-0.2, 0) is 27.8 Å². The van der Waals surface area contributed by atoms with Crippen molar-refractivity contribution < 1.29 is 22.3 Å². The van der Waals surface area contributed by atoms with Gasteiger partial charge in [-0.2, -0.15) is 4.31 Å². The number of furan rings is 1. The molecule has 1 aromatic carbocycles. The molecule has 0 unspecified atom stereocenters. The maximum Gasteiger partial charge on any atom is 0.243 e. The van der Waals surface area contributed by atoms with Crippen molar-refractivity contribution >= 4 is 10.0 Å². The van der Waals surface area contributed by atoms with Crippen LogP contribution < -0.4 is 4.74 Å². The first-order valence-electron chi connectivity index (χ1n) is 9.14. The van der Waals surface area contributed by atoms with Crippen LogP contribution in [0.3, 0.4) is 0 Å². The van der Waals surface area contributed by atoms with Crippen LogP contribution in [0, 0.1) is 6.92 Å². The maximum atomic E-state index is 13.4. The number of ether oxygens (including phenoxy) is 2. The average molecular weight is 416 g/mol. The zero-order valence-corrected chi connectivity index (χ0v) is 17.3. The number of rotatable bonds is 10. The molecule has 0 aliphatic carbocycles. The van der Waals surface area contributed by atoms with Gasteiger partial charge in [-0.3, -0.25) is 4.98 Å². The molecule has 154 valence electrons. The summed E-state index contributed by atoms with van der Waals surface area (Å²) in [5, 5.41) is 0. The van der Waals surface area contributed by atoms with E-state index in [1.807, 2.05) is 13.0 Å². The highest BCUT2D eigenvalue weighted by atomic mass is 32.2. The predicted molar refractivity (Wildman–Crippen MR) is 108 cm³/mol. The topological polar surface area (TPSA) is 81.9 Å². The molecular weight excluding hydrogens is 392 g/mol. The number of methoxy groups -OCH3 is 1. The van der Waals surface area contributed by atoms with Gasteiger partial charge in [-0.1, -0.05) is 6.07 Å². The second kappa shape index (κ2) is 9.69. The molecule has 0 amide bonds. The molecule has 0 aliphatic heterocycles. The van der Waals surface area contributed by atoms with E-state index in [4.69, 9.17) is 13.9 Å². The normalized spacial score (nSPS) is 11.7. The number of sulfonamides is 1. The largest absolute Gasteiger partial charge is 0.491 e. The standard InChI is InChI=1S/C21H24N2O5S/c1-17-13-20(7-8-21(17)28-12-11-26-2)29(24,25)23(16-19-6-4-10-27-19)15-18-5-3-9-22-14-18/h3-10,13-14H,11-12,15-16H2,1-2H3. The van der Waals surface area contributed by atoms with E-state index in [2.05, 4.69) is 4.98 Å². The van der Waals surface area contributed by atoms with Crippen molar-refractivity contribution in [2.24, 2.45) is 0 Å². The van der Waals surface area contributed by atoms with Crippen LogP contribution in [-0.4, -0.2) is 38.0 Å². The zero-order chi connectivity index (χ0) is 20.7. The van der Waals surface area contributed by atoms with E-state index in [1.165, 1.54) is 10.6 Å². The Morgan fingerprint density at radius 3 is 2.62 bits per heavy atom. The van der Waals surface area contributed by atoms with Gasteiger partial charge in [0.05, 0.1) is 24.3 Å². The average Bonchev–Trinajstić information content (AvgIpc) is 3.23. The first-order chi connectivity index (χ1) is 14.0. The van der Waals surface area contributed by atoms with Crippen molar-refractivity contribution in [3.05, 3.63) is 78.0 Å². The lowest BCUT2D eigenvalue weighted by atomic mass is 10.2. The number of aryl methyl sites for hydroxylation is 1. The molecule has 8 heteroatoms. The summed E-state index contributed by atoms with van der Waals surface area (Å²) in [4.78, 5) is 4.28. The van der Waals surface area contributed by atoms with Gasteiger partial charge < -0.3 is 13.9 Å². The number of nitrogens with zero attached hydrogens (tertiary/aromatic N) is 2. The Morgan fingerprint density at radius 1 is 1.10 bits per heavy atom. The molecule has 2 aromatic heterocycles. The van der Waals surface area contributed by atoms with Crippen LogP contribution >= 0.6 is 0 Å². The summed E-state index contributed by atoms with van der Waals surface area (Å²) in [6, 6.07) is 12.0. The van der Waals surface area contributed by atoms with E-state index >= 15 is 0 Å². The van der Waals surface area contributed by atoms with Gasteiger partial charge in [0, 0.05) is 26.0 Å². The van der Waals surface area contributed by atoms with Gasteiger partial charge in [0.25, 0.3) is 0 Å². The molecular formula is C21H24N2O5S. The lowest BCUT2D eigenvalue weighted by molar-refractivity contribution is 0.146. The minimum atomic E-state index is -3.77. The van der Waals surface area contributed by atoms with Crippen molar-refractivity contribution in [1.29, 1.82) is 0 Å². The van der Waals surface area contributed by atoms with Crippen LogP contribution in [0.25, 0.3) is 0 Å². The third kappa shape index (κ3) is 5.44. The molecule has 0 N–H and O–H groups in total. The monoisotopic (exact) mass is 416 g/mol. The van der Waals surface area contributed by atoms with Crippen molar-refractivity contribution in [2.45, 2.75) is 24.9 Å². The van der Waals surface area contributed by atoms with E-state index in [-0.39, 0.29) is 18.0 Å². The van der Waals surface area contributed by atoms with Gasteiger partial charge in [-0.25, -0.2) is 8.42 Å². The number of hydrogen-bond acceptors (Lipinski definition) is 6. The Bertz CT molecular complexity index is 1000. The van der Waals surface area contributed by atoms with E-state index in [1.54, 1.807) is 55.9 Å². The van der Waals surface area contributed by atoms with Gasteiger partial charge in [0.2, 0.25) is 10.0 Å². The molecule has 0 aliphatic rings. The molecule has 0 spiro atoms. The quantitative estimate of drug-likeness (QED) is 0.471. The van der Waals surface area contributed by atoms with E-state index < -0.39 is 10.0 Å².